The Kier molecular flexibility index (Phi) is 21.5. The first kappa shape index (κ1) is 71.3. The lowest BCUT2D eigenvalue weighted by Gasteiger charge is -2.12. The lowest BCUT2D eigenvalue weighted by Crippen LogP contribution is -2.27. The van der Waals surface area contributed by atoms with Crippen LogP contribution in [0, 0.1) is 0 Å². The fourth-order valence-electron chi connectivity index (χ4n) is 10.2. The first-order valence-electron chi connectivity index (χ1n) is 30.7. The van der Waals surface area contributed by atoms with Gasteiger partial charge in [0.15, 0.2) is 33.5 Å². The molecule has 37 heteroatoms. The number of H-pyrrole nitrogens is 3. The third-order valence-electron chi connectivity index (χ3n) is 14.7. The number of anilines is 2. The van der Waals surface area contributed by atoms with E-state index in [1.165, 1.54) is 64.5 Å². The van der Waals surface area contributed by atoms with Crippen LogP contribution < -0.4 is 27.3 Å². The van der Waals surface area contributed by atoms with Crippen molar-refractivity contribution in [3.8, 4) is 34.2 Å². The van der Waals surface area contributed by atoms with E-state index in [9.17, 15) is 63.5 Å². The Morgan fingerprint density at radius 3 is 1.18 bits per heavy atom. The van der Waals surface area contributed by atoms with E-state index in [0.29, 0.717) is 83.3 Å². The van der Waals surface area contributed by atoms with Gasteiger partial charge in [-0.2, -0.15) is 69.8 Å². The molecule has 0 fully saturated rings. The zero-order valence-electron chi connectivity index (χ0n) is 53.3. The molecule has 9 aromatic heterocycles. The van der Waals surface area contributed by atoms with Gasteiger partial charge in [0.1, 0.15) is 30.6 Å². The fraction of sp³-hybridized carbons (Fsp3) is 0.302. The summed E-state index contributed by atoms with van der Waals surface area (Å²) in [4.78, 5) is 96.0. The fourth-order valence-corrected chi connectivity index (χ4v) is 10.5. The molecule has 0 saturated heterocycles. The number of alkyl halides is 9. The van der Waals surface area contributed by atoms with Crippen LogP contribution in [0.1, 0.15) is 80.3 Å². The van der Waals surface area contributed by atoms with Gasteiger partial charge in [0.2, 0.25) is 17.2 Å². The summed E-state index contributed by atoms with van der Waals surface area (Å²) in [5, 5.41) is 27.0. The van der Waals surface area contributed by atoms with E-state index in [1.807, 2.05) is 20.8 Å². The number of rotatable bonds is 22. The number of carbonyl (C=O) groups is 2. The van der Waals surface area contributed by atoms with Crippen LogP contribution in [0.25, 0.3) is 67.7 Å². The van der Waals surface area contributed by atoms with Gasteiger partial charge in [0.05, 0.1) is 78.2 Å². The minimum atomic E-state index is -4.44. The van der Waals surface area contributed by atoms with Gasteiger partial charge in [-0.1, -0.05) is 57.2 Å². The van der Waals surface area contributed by atoms with Gasteiger partial charge in [-0.15, -0.1) is 0 Å². The van der Waals surface area contributed by atoms with Crippen molar-refractivity contribution in [2.45, 2.75) is 105 Å². The van der Waals surface area contributed by atoms with E-state index >= 15 is 0 Å². The Morgan fingerprint density at radius 2 is 0.840 bits per heavy atom. The number of carbonyl (C=O) groups excluding carboxylic acids is 1. The molecule has 0 amide bonds. The molecular formula is C63H60ClF9N20O7. The van der Waals surface area contributed by atoms with Crippen molar-refractivity contribution < 1.29 is 58.9 Å². The van der Waals surface area contributed by atoms with Crippen LogP contribution in [0.2, 0.25) is 5.28 Å². The second-order valence-electron chi connectivity index (χ2n) is 22.3. The Bertz CT molecular complexity index is 5120. The number of ether oxygens (including phenoxy) is 1. The first-order chi connectivity index (χ1) is 47.6. The van der Waals surface area contributed by atoms with Crippen molar-refractivity contribution in [2.24, 2.45) is 0 Å². The SMILES string of the molecule is CCCn1c(Cl)nc2nc(-c3cnn(Cc4cccc(C(F)(F)F)c4)c3)[nH]c2c1=O.CCCn1c(NCC(=O)O)nc2nc(-c3cnn(Cc4cccc(C(F)(F)F)c4)c3)[nH]c2c1=O.CCCn1c(NCC(=O)OCC)nc2nc(-c3cnn(Cc4cccc(C(F)(F)F)c4)c3)[nH]c2c1=O. The molecule has 3 aromatic carbocycles. The van der Waals surface area contributed by atoms with Crippen LogP contribution in [-0.2, 0) is 72.1 Å². The Morgan fingerprint density at radius 1 is 0.500 bits per heavy atom. The number of aromatic amines is 3. The molecule has 100 heavy (non-hydrogen) atoms. The predicted octanol–water partition coefficient (Wildman–Crippen LogP) is 10.5. The summed E-state index contributed by atoms with van der Waals surface area (Å²) in [5.74, 6) is -0.293. The summed E-state index contributed by atoms with van der Waals surface area (Å²) in [6.45, 7) is 8.56. The number of hydrogen-bond acceptors (Lipinski definition) is 17. The number of carboxylic acids is 1. The number of halogens is 10. The van der Waals surface area contributed by atoms with E-state index in [4.69, 9.17) is 21.4 Å². The quantitative estimate of drug-likeness (QED) is 0.0209. The molecular weight excluding hydrogens is 1360 g/mol. The van der Waals surface area contributed by atoms with E-state index in [2.05, 4.69) is 70.8 Å². The predicted molar refractivity (Wildman–Crippen MR) is 347 cm³/mol. The first-order valence-corrected chi connectivity index (χ1v) is 31.1. The van der Waals surface area contributed by atoms with Crippen molar-refractivity contribution in [2.75, 3.05) is 30.3 Å². The highest BCUT2D eigenvalue weighted by molar-refractivity contribution is 6.28. The smallest absolute Gasteiger partial charge is 0.416 e. The normalized spacial score (nSPS) is 11.8. The van der Waals surface area contributed by atoms with Gasteiger partial charge < -0.3 is 35.4 Å². The molecule has 12 rings (SSSR count). The van der Waals surface area contributed by atoms with Crippen LogP contribution in [-0.4, -0.2) is 125 Å². The maximum atomic E-state index is 13.1. The topological polar surface area (TPSA) is 332 Å². The molecule has 0 spiro atoms. The van der Waals surface area contributed by atoms with Crippen LogP contribution >= 0.6 is 11.6 Å². The number of carboxylic acid groups (broad SMARTS) is 1. The average Bonchev–Trinajstić information content (AvgIpc) is 1.60. The summed E-state index contributed by atoms with van der Waals surface area (Å²) in [5.41, 5.74) is 0.667. The third kappa shape index (κ3) is 16.9. The van der Waals surface area contributed by atoms with E-state index < -0.39 is 59.3 Å². The summed E-state index contributed by atoms with van der Waals surface area (Å²) in [7, 11) is 0. The lowest BCUT2D eigenvalue weighted by atomic mass is 10.1. The van der Waals surface area contributed by atoms with E-state index in [-0.39, 0.29) is 94.6 Å². The number of fused-ring (bicyclic) bond motifs is 3. The molecule has 0 aliphatic heterocycles. The molecule has 0 radical (unpaired) electrons. The number of nitrogens with zero attached hydrogens (tertiary/aromatic N) is 15. The molecule has 0 unspecified atom stereocenters. The third-order valence-corrected chi connectivity index (χ3v) is 15.0. The van der Waals surface area contributed by atoms with Crippen LogP contribution in [0.5, 0.6) is 0 Å². The minimum absolute atomic E-state index is 0.0626. The summed E-state index contributed by atoms with van der Waals surface area (Å²) < 4.78 is 130. The number of imidazole rings is 3. The monoisotopic (exact) mass is 1410 g/mol. The molecule has 524 valence electrons. The van der Waals surface area contributed by atoms with Gasteiger partial charge in [0.25, 0.3) is 16.7 Å². The van der Waals surface area contributed by atoms with Gasteiger partial charge in [0, 0.05) is 38.2 Å². The maximum Gasteiger partial charge on any atom is 0.416 e. The highest BCUT2D eigenvalue weighted by Gasteiger charge is 2.33. The number of esters is 1. The molecule has 6 N–H and O–H groups in total. The summed E-state index contributed by atoms with van der Waals surface area (Å²) in [6.07, 6.45) is -1.96. The Hall–Kier alpha value is -11.5. The second-order valence-corrected chi connectivity index (χ2v) is 22.6. The van der Waals surface area contributed by atoms with Crippen LogP contribution in [0.3, 0.4) is 0 Å². The van der Waals surface area contributed by atoms with Crippen molar-refractivity contribution >= 4 is 68.9 Å². The standard InChI is InChI=1S/C23H24F3N7O3.C21H20F3N7O3.C19H16ClF3N6O/c1-3-8-33-21(35)18-20(31-22(33)27-11-17(34)36-4-2)30-19(29-18)15-10-28-32(13-15)12-14-6-5-7-16(9-14)23(24,25)26;1-2-6-31-19(34)16-18(29-20(31)25-9-15(32)33)28-17(27-16)13-8-26-30(11-13)10-12-4-3-5-14(7-12)21(22,23)24;1-2-6-29-17(30)14-16(27-18(29)20)26-15(25-14)12-8-24-28(10-12)9-11-4-3-5-13(7-11)19(21,22)23/h5-7,9-10,13H,3-4,8,11-12H2,1-2H3,(H,27,31)(H,29,30);3-5,7-8,11H,2,6,9-10H2,1H3,(H,25,29)(H,27,28)(H,32,33);3-5,7-8,10H,2,6,9H2,1H3,(H,25,26). The highest BCUT2D eigenvalue weighted by atomic mass is 35.5. The molecule has 0 atom stereocenters. The molecule has 12 aromatic rings. The average molecular weight is 1420 g/mol. The zero-order valence-corrected chi connectivity index (χ0v) is 54.0. The van der Waals surface area contributed by atoms with Gasteiger partial charge in [-0.3, -0.25) is 51.7 Å². The zero-order chi connectivity index (χ0) is 71.8. The number of nitrogens with one attached hydrogen (secondary N) is 5. The molecule has 27 nitrogen and oxygen atoms in total. The number of aliphatic carboxylic acids is 1. The van der Waals surface area contributed by atoms with Gasteiger partial charge in [-0.25, -0.2) is 15.0 Å². The highest BCUT2D eigenvalue weighted by Crippen LogP contribution is 2.33. The largest absolute Gasteiger partial charge is 0.480 e. The number of hydrogen-bond donors (Lipinski definition) is 6. The molecule has 0 aliphatic rings. The Labute approximate surface area is 562 Å². The molecule has 0 saturated carbocycles. The molecule has 0 aliphatic carbocycles. The van der Waals surface area contributed by atoms with Crippen molar-refractivity contribution in [1.29, 1.82) is 0 Å². The van der Waals surface area contributed by atoms with Crippen LogP contribution in [0.15, 0.2) is 124 Å². The van der Waals surface area contributed by atoms with Crippen molar-refractivity contribution in [3.05, 3.63) is 180 Å². The summed E-state index contributed by atoms with van der Waals surface area (Å²) >= 11 is 6.08. The number of aromatic nitrogens is 18. The van der Waals surface area contributed by atoms with Crippen LogP contribution in [0.4, 0.5) is 51.4 Å². The lowest BCUT2D eigenvalue weighted by molar-refractivity contribution is -0.141. The molecule has 9 heterocycles. The molecule has 0 bridgehead atoms. The Balaban J connectivity index is 0.000000163. The van der Waals surface area contributed by atoms with Crippen molar-refractivity contribution in [3.63, 3.8) is 0 Å². The van der Waals surface area contributed by atoms with E-state index in [1.54, 1.807) is 43.7 Å². The van der Waals surface area contributed by atoms with E-state index in [0.717, 1.165) is 42.8 Å². The maximum absolute atomic E-state index is 13.1. The summed E-state index contributed by atoms with van der Waals surface area (Å²) in [6, 6.07) is 15.1. The number of benzene rings is 3. The minimum Gasteiger partial charge on any atom is -0.480 e. The van der Waals surface area contributed by atoms with Gasteiger partial charge in [-0.05, 0) is 90.9 Å². The van der Waals surface area contributed by atoms with Gasteiger partial charge >= 0.3 is 30.5 Å². The second kappa shape index (κ2) is 30.1. The van der Waals surface area contributed by atoms with Crippen molar-refractivity contribution in [1.82, 2.24) is 87.9 Å².